The molecule has 0 unspecified atom stereocenters. The number of para-hydroxylation sites is 2. The average molecular weight is 220 g/mol. The van der Waals surface area contributed by atoms with Crippen LogP contribution in [0.3, 0.4) is 0 Å². The smallest absolute Gasteiger partial charge is 0.227 e. The molecule has 16 heavy (non-hydrogen) atoms. The molecule has 1 aliphatic heterocycles. The Morgan fingerprint density at radius 2 is 2.25 bits per heavy atom. The maximum atomic E-state index is 11.8. The van der Waals surface area contributed by atoms with Crippen LogP contribution in [0.25, 0.3) is 0 Å². The number of methoxy groups -OCH3 is 1. The lowest BCUT2D eigenvalue weighted by atomic mass is 10.1. The highest BCUT2D eigenvalue weighted by Gasteiger charge is 2.30. The van der Waals surface area contributed by atoms with Crippen molar-refractivity contribution < 1.29 is 9.53 Å². The Labute approximate surface area is 95.0 Å². The van der Waals surface area contributed by atoms with Crippen LogP contribution in [0, 0.1) is 5.92 Å². The molecule has 1 aromatic carbocycles. The summed E-state index contributed by atoms with van der Waals surface area (Å²) in [5.74, 6) is 1.12. The first-order valence-corrected chi connectivity index (χ1v) is 5.39. The summed E-state index contributed by atoms with van der Waals surface area (Å²) in [6.45, 7) is 1.24. The highest BCUT2D eigenvalue weighted by atomic mass is 16.5. The Balaban J connectivity index is 2.27. The van der Waals surface area contributed by atoms with Crippen molar-refractivity contribution in [3.8, 4) is 5.75 Å². The Hall–Kier alpha value is -1.55. The van der Waals surface area contributed by atoms with Crippen molar-refractivity contribution in [2.75, 3.05) is 25.1 Å². The molecular formula is C12H16N2O2. The van der Waals surface area contributed by atoms with Gasteiger partial charge in [0.05, 0.1) is 12.8 Å². The average Bonchev–Trinajstić information content (AvgIpc) is 2.70. The van der Waals surface area contributed by atoms with Gasteiger partial charge in [-0.3, -0.25) is 4.79 Å². The zero-order valence-electron chi connectivity index (χ0n) is 9.35. The van der Waals surface area contributed by atoms with E-state index in [9.17, 15) is 4.79 Å². The number of carbonyl (C=O) groups is 1. The number of hydrogen-bond donors (Lipinski definition) is 1. The van der Waals surface area contributed by atoms with Gasteiger partial charge >= 0.3 is 0 Å². The summed E-state index contributed by atoms with van der Waals surface area (Å²) in [4.78, 5) is 13.6. The number of amides is 1. The first-order valence-electron chi connectivity index (χ1n) is 5.39. The fourth-order valence-corrected chi connectivity index (χ4v) is 2.03. The number of nitrogens with two attached hydrogens (primary N) is 1. The maximum Gasteiger partial charge on any atom is 0.227 e. The molecule has 86 valence electrons. The number of nitrogens with zero attached hydrogens (tertiary/aromatic N) is 1. The number of hydrogen-bond acceptors (Lipinski definition) is 3. The monoisotopic (exact) mass is 220 g/mol. The van der Waals surface area contributed by atoms with E-state index in [1.807, 2.05) is 24.3 Å². The van der Waals surface area contributed by atoms with Gasteiger partial charge in [0.2, 0.25) is 5.91 Å². The number of benzene rings is 1. The first-order chi connectivity index (χ1) is 7.76. The highest BCUT2D eigenvalue weighted by Crippen LogP contribution is 2.32. The van der Waals surface area contributed by atoms with E-state index in [0.29, 0.717) is 19.5 Å². The van der Waals surface area contributed by atoms with Crippen LogP contribution < -0.4 is 15.4 Å². The van der Waals surface area contributed by atoms with Gasteiger partial charge in [-0.15, -0.1) is 0 Å². The van der Waals surface area contributed by atoms with Gasteiger partial charge < -0.3 is 15.4 Å². The van der Waals surface area contributed by atoms with E-state index < -0.39 is 0 Å². The minimum atomic E-state index is 0.125. The van der Waals surface area contributed by atoms with Crippen molar-refractivity contribution in [3.05, 3.63) is 24.3 Å². The SMILES string of the molecule is COc1ccccc1N1C[C@H](CN)CC1=O. The van der Waals surface area contributed by atoms with E-state index >= 15 is 0 Å². The van der Waals surface area contributed by atoms with Gasteiger partial charge in [-0.1, -0.05) is 12.1 Å². The van der Waals surface area contributed by atoms with Gasteiger partial charge in [0.15, 0.2) is 0 Å². The molecule has 2 N–H and O–H groups in total. The van der Waals surface area contributed by atoms with Gasteiger partial charge in [-0.25, -0.2) is 0 Å². The van der Waals surface area contributed by atoms with Gasteiger partial charge in [0, 0.05) is 13.0 Å². The number of anilines is 1. The number of rotatable bonds is 3. The lowest BCUT2D eigenvalue weighted by molar-refractivity contribution is -0.117. The molecule has 0 spiro atoms. The molecule has 2 rings (SSSR count). The first kappa shape index (κ1) is 11.0. The third-order valence-corrected chi connectivity index (χ3v) is 2.91. The van der Waals surface area contributed by atoms with Crippen molar-refractivity contribution in [2.45, 2.75) is 6.42 Å². The molecule has 1 fully saturated rings. The van der Waals surface area contributed by atoms with Crippen LogP contribution in [0.2, 0.25) is 0 Å². The van der Waals surface area contributed by atoms with E-state index in [-0.39, 0.29) is 11.8 Å². The zero-order chi connectivity index (χ0) is 11.5. The maximum absolute atomic E-state index is 11.8. The predicted molar refractivity (Wildman–Crippen MR) is 62.5 cm³/mol. The Kier molecular flexibility index (Phi) is 3.10. The minimum absolute atomic E-state index is 0.125. The van der Waals surface area contributed by atoms with Crippen molar-refractivity contribution in [1.82, 2.24) is 0 Å². The third-order valence-electron chi connectivity index (χ3n) is 2.91. The molecule has 1 atom stereocenters. The van der Waals surface area contributed by atoms with Crippen LogP contribution >= 0.6 is 0 Å². The van der Waals surface area contributed by atoms with Crippen LogP contribution in [0.1, 0.15) is 6.42 Å². The molecule has 1 aromatic rings. The third kappa shape index (κ3) is 1.88. The number of carbonyl (C=O) groups excluding carboxylic acids is 1. The molecule has 0 aliphatic carbocycles. The van der Waals surface area contributed by atoms with Gasteiger partial charge in [0.25, 0.3) is 0 Å². The summed E-state index contributed by atoms with van der Waals surface area (Å²) in [6, 6.07) is 7.55. The summed E-state index contributed by atoms with van der Waals surface area (Å²) in [6.07, 6.45) is 0.536. The molecule has 1 amide bonds. The van der Waals surface area contributed by atoms with E-state index in [1.54, 1.807) is 12.0 Å². The molecular weight excluding hydrogens is 204 g/mol. The Bertz CT molecular complexity index is 392. The molecule has 0 bridgehead atoms. The van der Waals surface area contributed by atoms with Gasteiger partial charge in [0.1, 0.15) is 5.75 Å². The van der Waals surface area contributed by atoms with Crippen LogP contribution in [0.15, 0.2) is 24.3 Å². The van der Waals surface area contributed by atoms with Crippen molar-refractivity contribution in [3.63, 3.8) is 0 Å². The summed E-state index contributed by atoms with van der Waals surface area (Å²) < 4.78 is 5.25. The second kappa shape index (κ2) is 4.53. The standard InChI is InChI=1S/C12H16N2O2/c1-16-11-5-3-2-4-10(11)14-8-9(7-13)6-12(14)15/h2-5,9H,6-8,13H2,1H3/t9-/m0/s1. The van der Waals surface area contributed by atoms with Crippen molar-refractivity contribution in [1.29, 1.82) is 0 Å². The van der Waals surface area contributed by atoms with E-state index in [0.717, 1.165) is 11.4 Å². The van der Waals surface area contributed by atoms with E-state index in [2.05, 4.69) is 0 Å². The van der Waals surface area contributed by atoms with Crippen molar-refractivity contribution >= 4 is 11.6 Å². The zero-order valence-corrected chi connectivity index (χ0v) is 9.35. The highest BCUT2D eigenvalue weighted by molar-refractivity contribution is 5.97. The molecule has 0 radical (unpaired) electrons. The second-order valence-corrected chi connectivity index (χ2v) is 3.98. The summed E-state index contributed by atoms with van der Waals surface area (Å²) in [7, 11) is 1.61. The fraction of sp³-hybridized carbons (Fsp3) is 0.417. The molecule has 4 nitrogen and oxygen atoms in total. The second-order valence-electron chi connectivity index (χ2n) is 3.98. The van der Waals surface area contributed by atoms with Gasteiger partial charge in [-0.2, -0.15) is 0 Å². The molecule has 0 aromatic heterocycles. The van der Waals surface area contributed by atoms with Gasteiger partial charge in [-0.05, 0) is 24.6 Å². The topological polar surface area (TPSA) is 55.6 Å². The molecule has 4 heteroatoms. The van der Waals surface area contributed by atoms with Crippen LogP contribution in [-0.2, 0) is 4.79 Å². The largest absolute Gasteiger partial charge is 0.495 e. The van der Waals surface area contributed by atoms with Crippen LogP contribution in [0.5, 0.6) is 5.75 Å². The Morgan fingerprint density at radius 3 is 2.88 bits per heavy atom. The van der Waals surface area contributed by atoms with Crippen LogP contribution in [0.4, 0.5) is 5.69 Å². The summed E-state index contributed by atoms with van der Waals surface area (Å²) >= 11 is 0. The van der Waals surface area contributed by atoms with E-state index in [4.69, 9.17) is 10.5 Å². The molecule has 1 saturated heterocycles. The fourth-order valence-electron chi connectivity index (χ4n) is 2.03. The molecule has 1 aliphatic rings. The summed E-state index contributed by atoms with van der Waals surface area (Å²) in [5, 5.41) is 0. The predicted octanol–water partition coefficient (Wildman–Crippen LogP) is 1.01. The lowest BCUT2D eigenvalue weighted by Gasteiger charge is -2.19. The lowest BCUT2D eigenvalue weighted by Crippen LogP contribution is -2.26. The Morgan fingerprint density at radius 1 is 1.50 bits per heavy atom. The van der Waals surface area contributed by atoms with E-state index in [1.165, 1.54) is 0 Å². The number of ether oxygens (including phenoxy) is 1. The van der Waals surface area contributed by atoms with Crippen LogP contribution in [-0.4, -0.2) is 26.1 Å². The molecule has 1 heterocycles. The quantitative estimate of drug-likeness (QED) is 0.827. The minimum Gasteiger partial charge on any atom is -0.495 e. The summed E-state index contributed by atoms with van der Waals surface area (Å²) in [5.41, 5.74) is 6.44. The van der Waals surface area contributed by atoms with Crippen molar-refractivity contribution in [2.24, 2.45) is 11.7 Å². The normalized spacial score (nSPS) is 20.2. The molecule has 0 saturated carbocycles.